The van der Waals surface area contributed by atoms with Crippen LogP contribution in [-0.2, 0) is 6.42 Å². The molecule has 2 bridgehead atoms. The highest BCUT2D eigenvalue weighted by Crippen LogP contribution is 2.40. The Labute approximate surface area is 140 Å². The fourth-order valence-corrected chi connectivity index (χ4v) is 4.40. The van der Waals surface area contributed by atoms with Crippen LogP contribution in [0.4, 0.5) is 0 Å². The standard InChI is InChI=1S/C20H19N3O/c24-20(15-5-6-18-19(11-15)22-12-21-18)23-8-7-14-10-16(23)9-13-3-1-2-4-17(13)14/h1-6,11-12,14,16H,7-10H2,(H,21,22). The maximum absolute atomic E-state index is 13.1. The number of piperidine rings is 1. The second kappa shape index (κ2) is 5.20. The third kappa shape index (κ3) is 2.06. The number of hydrogen-bond donors (Lipinski definition) is 1. The van der Waals surface area contributed by atoms with E-state index in [0.717, 1.165) is 42.4 Å². The first-order valence-corrected chi connectivity index (χ1v) is 8.61. The van der Waals surface area contributed by atoms with Crippen LogP contribution in [0.1, 0.15) is 40.2 Å². The Hall–Kier alpha value is -2.62. The van der Waals surface area contributed by atoms with Gasteiger partial charge in [0.25, 0.3) is 5.91 Å². The van der Waals surface area contributed by atoms with E-state index in [1.807, 2.05) is 18.2 Å². The molecule has 0 radical (unpaired) electrons. The fraction of sp³-hybridized carbons (Fsp3) is 0.300. The molecule has 120 valence electrons. The average molecular weight is 317 g/mol. The van der Waals surface area contributed by atoms with Gasteiger partial charge in [0.1, 0.15) is 0 Å². The van der Waals surface area contributed by atoms with E-state index in [9.17, 15) is 4.79 Å². The molecule has 2 heterocycles. The summed E-state index contributed by atoms with van der Waals surface area (Å²) in [5.74, 6) is 0.758. The number of nitrogens with one attached hydrogen (secondary N) is 1. The molecule has 1 N–H and O–H groups in total. The predicted molar refractivity (Wildman–Crippen MR) is 93.0 cm³/mol. The van der Waals surface area contributed by atoms with E-state index in [4.69, 9.17) is 0 Å². The number of carbonyl (C=O) groups excluding carboxylic acids is 1. The van der Waals surface area contributed by atoms with Gasteiger partial charge in [-0.3, -0.25) is 4.79 Å². The number of amides is 1. The predicted octanol–water partition coefficient (Wildman–Crippen LogP) is 3.51. The van der Waals surface area contributed by atoms with Gasteiger partial charge in [-0.25, -0.2) is 4.98 Å². The van der Waals surface area contributed by atoms with Gasteiger partial charge in [0.05, 0.1) is 17.4 Å². The largest absolute Gasteiger partial charge is 0.345 e. The number of carbonyl (C=O) groups is 1. The molecule has 1 aliphatic heterocycles. The van der Waals surface area contributed by atoms with Gasteiger partial charge >= 0.3 is 0 Å². The van der Waals surface area contributed by atoms with Crippen LogP contribution in [0.25, 0.3) is 11.0 Å². The van der Waals surface area contributed by atoms with Crippen molar-refractivity contribution in [3.8, 4) is 0 Å². The van der Waals surface area contributed by atoms with E-state index in [1.54, 1.807) is 6.33 Å². The lowest BCUT2D eigenvalue weighted by Gasteiger charge is -2.44. The van der Waals surface area contributed by atoms with Crippen LogP contribution in [-0.4, -0.2) is 33.4 Å². The van der Waals surface area contributed by atoms with Crippen LogP contribution in [0.3, 0.4) is 0 Å². The van der Waals surface area contributed by atoms with Crippen LogP contribution in [0, 0.1) is 0 Å². The normalized spacial score (nSPS) is 22.4. The van der Waals surface area contributed by atoms with Gasteiger partial charge in [-0.2, -0.15) is 0 Å². The number of hydrogen-bond acceptors (Lipinski definition) is 2. The van der Waals surface area contributed by atoms with E-state index >= 15 is 0 Å². The highest BCUT2D eigenvalue weighted by atomic mass is 16.2. The lowest BCUT2D eigenvalue weighted by molar-refractivity contribution is 0.0574. The Kier molecular flexibility index (Phi) is 2.98. The van der Waals surface area contributed by atoms with Crippen molar-refractivity contribution in [2.45, 2.75) is 31.2 Å². The minimum atomic E-state index is 0.148. The van der Waals surface area contributed by atoms with Crippen molar-refractivity contribution in [1.82, 2.24) is 14.9 Å². The maximum Gasteiger partial charge on any atom is 0.254 e. The van der Waals surface area contributed by atoms with Crippen LogP contribution in [0.15, 0.2) is 48.8 Å². The Morgan fingerprint density at radius 2 is 2.12 bits per heavy atom. The Bertz CT molecular complexity index is 929. The lowest BCUT2D eigenvalue weighted by atomic mass is 9.75. The number of likely N-dealkylation sites (tertiary alicyclic amines) is 1. The van der Waals surface area contributed by atoms with E-state index in [-0.39, 0.29) is 5.91 Å². The lowest BCUT2D eigenvalue weighted by Crippen LogP contribution is -2.48. The van der Waals surface area contributed by atoms with Crippen molar-refractivity contribution in [1.29, 1.82) is 0 Å². The molecule has 4 nitrogen and oxygen atoms in total. The molecule has 1 fully saturated rings. The minimum Gasteiger partial charge on any atom is -0.345 e. The first kappa shape index (κ1) is 13.8. The third-order valence-corrected chi connectivity index (χ3v) is 5.59. The highest BCUT2D eigenvalue weighted by molar-refractivity contribution is 5.97. The molecule has 1 amide bonds. The van der Waals surface area contributed by atoms with E-state index < -0.39 is 0 Å². The molecule has 0 spiro atoms. The van der Waals surface area contributed by atoms with Gasteiger partial charge in [-0.15, -0.1) is 0 Å². The summed E-state index contributed by atoms with van der Waals surface area (Å²) in [7, 11) is 0. The van der Waals surface area contributed by atoms with Crippen molar-refractivity contribution in [3.63, 3.8) is 0 Å². The second-order valence-electron chi connectivity index (χ2n) is 6.91. The number of aromatic nitrogens is 2. The van der Waals surface area contributed by atoms with Gasteiger partial charge in [0.15, 0.2) is 0 Å². The topological polar surface area (TPSA) is 49.0 Å². The number of aromatic amines is 1. The molecule has 1 aliphatic carbocycles. The number of nitrogens with zero attached hydrogens (tertiary/aromatic N) is 2. The molecule has 1 aromatic heterocycles. The molecular weight excluding hydrogens is 298 g/mol. The first-order valence-electron chi connectivity index (χ1n) is 8.61. The van der Waals surface area contributed by atoms with E-state index in [1.165, 1.54) is 11.1 Å². The SMILES string of the molecule is O=C(c1ccc2nc[nH]c2c1)N1CCC2CC1Cc1ccccc12. The summed E-state index contributed by atoms with van der Waals surface area (Å²) in [6.07, 6.45) is 4.80. The fourth-order valence-electron chi connectivity index (χ4n) is 4.40. The zero-order valence-corrected chi connectivity index (χ0v) is 13.4. The van der Waals surface area contributed by atoms with Gasteiger partial charge in [-0.1, -0.05) is 24.3 Å². The summed E-state index contributed by atoms with van der Waals surface area (Å²) in [4.78, 5) is 22.5. The van der Waals surface area contributed by atoms with E-state index in [0.29, 0.717) is 12.0 Å². The molecule has 4 heteroatoms. The maximum atomic E-state index is 13.1. The van der Waals surface area contributed by atoms with E-state index in [2.05, 4.69) is 39.1 Å². The molecule has 24 heavy (non-hydrogen) atoms. The number of benzene rings is 2. The second-order valence-corrected chi connectivity index (χ2v) is 6.91. The smallest absolute Gasteiger partial charge is 0.254 e. The number of H-pyrrole nitrogens is 1. The summed E-state index contributed by atoms with van der Waals surface area (Å²) in [6, 6.07) is 14.8. The quantitative estimate of drug-likeness (QED) is 0.746. The Morgan fingerprint density at radius 1 is 1.21 bits per heavy atom. The van der Waals surface area contributed by atoms with Crippen molar-refractivity contribution < 1.29 is 4.79 Å². The molecule has 2 aliphatic rings. The average Bonchev–Trinajstić information content (AvgIpc) is 3.09. The van der Waals surface area contributed by atoms with Crippen LogP contribution in [0.2, 0.25) is 0 Å². The van der Waals surface area contributed by atoms with Crippen molar-refractivity contribution >= 4 is 16.9 Å². The summed E-state index contributed by atoms with van der Waals surface area (Å²) < 4.78 is 0. The monoisotopic (exact) mass is 317 g/mol. The van der Waals surface area contributed by atoms with Crippen LogP contribution >= 0.6 is 0 Å². The molecule has 2 aromatic carbocycles. The van der Waals surface area contributed by atoms with Crippen LogP contribution < -0.4 is 0 Å². The molecule has 5 rings (SSSR count). The number of imidazole rings is 1. The summed E-state index contributed by atoms with van der Waals surface area (Å²) in [5, 5.41) is 0. The van der Waals surface area contributed by atoms with Crippen molar-refractivity contribution in [2.24, 2.45) is 0 Å². The molecule has 3 aromatic rings. The zero-order valence-electron chi connectivity index (χ0n) is 13.4. The summed E-state index contributed by atoms with van der Waals surface area (Å²) in [6.45, 7) is 0.851. The van der Waals surface area contributed by atoms with Gasteiger partial charge in [0.2, 0.25) is 0 Å². The molecule has 2 unspecified atom stereocenters. The summed E-state index contributed by atoms with van der Waals surface area (Å²) in [5.41, 5.74) is 5.49. The molecular formula is C20H19N3O. The van der Waals surface area contributed by atoms with Crippen molar-refractivity contribution in [2.75, 3.05) is 6.54 Å². The molecule has 0 saturated carbocycles. The number of rotatable bonds is 1. The highest BCUT2D eigenvalue weighted by Gasteiger charge is 2.37. The molecule has 1 saturated heterocycles. The van der Waals surface area contributed by atoms with Crippen molar-refractivity contribution in [3.05, 3.63) is 65.5 Å². The van der Waals surface area contributed by atoms with Gasteiger partial charge in [0, 0.05) is 18.2 Å². The zero-order chi connectivity index (χ0) is 16.1. The minimum absolute atomic E-state index is 0.148. The van der Waals surface area contributed by atoms with Gasteiger partial charge < -0.3 is 9.88 Å². The molecule has 2 atom stereocenters. The summed E-state index contributed by atoms with van der Waals surface area (Å²) >= 11 is 0. The third-order valence-electron chi connectivity index (χ3n) is 5.59. The Balaban J connectivity index is 1.46. The Morgan fingerprint density at radius 3 is 3.08 bits per heavy atom. The van der Waals surface area contributed by atoms with Gasteiger partial charge in [-0.05, 0) is 54.5 Å². The first-order chi connectivity index (χ1) is 11.8. The number of fused-ring (bicyclic) bond motifs is 5. The van der Waals surface area contributed by atoms with Crippen LogP contribution in [0.5, 0.6) is 0 Å².